The van der Waals surface area contributed by atoms with Crippen LogP contribution in [-0.4, -0.2) is 22.0 Å². The van der Waals surface area contributed by atoms with Crippen LogP contribution in [-0.2, 0) is 10.1 Å². The summed E-state index contributed by atoms with van der Waals surface area (Å²) in [6.07, 6.45) is 0. The zero-order valence-corrected chi connectivity index (χ0v) is 14.0. The zero-order valence-electron chi connectivity index (χ0n) is 12.2. The molecular formula is C13H19F3O3SSi. The zero-order chi connectivity index (χ0) is 16.3. The van der Waals surface area contributed by atoms with Crippen LogP contribution in [0.3, 0.4) is 0 Å². The van der Waals surface area contributed by atoms with E-state index in [2.05, 4.69) is 25.0 Å². The SMILES string of the molecule is CC[Si](CC)(CC)c1ccc(OS(=O)(=O)C(F)(F)F)cc1. The lowest BCUT2D eigenvalue weighted by Crippen LogP contribution is -2.45. The van der Waals surface area contributed by atoms with Crippen LogP contribution in [0.4, 0.5) is 13.2 Å². The smallest absolute Gasteiger partial charge is 0.376 e. The van der Waals surface area contributed by atoms with Crippen molar-refractivity contribution in [3.8, 4) is 5.75 Å². The Morgan fingerprint density at radius 2 is 1.43 bits per heavy atom. The molecule has 3 nitrogen and oxygen atoms in total. The standard InChI is InChI=1S/C13H19F3O3SSi/c1-4-21(5-2,6-3)12-9-7-11(8-10-12)19-20(17,18)13(14,15)16/h7-10H,4-6H2,1-3H3. The van der Waals surface area contributed by atoms with Gasteiger partial charge in [-0.25, -0.2) is 0 Å². The highest BCUT2D eigenvalue weighted by Gasteiger charge is 2.48. The monoisotopic (exact) mass is 340 g/mol. The molecule has 0 aromatic heterocycles. The molecule has 0 aliphatic rings. The molecule has 0 bridgehead atoms. The molecule has 0 amide bonds. The van der Waals surface area contributed by atoms with E-state index in [4.69, 9.17) is 0 Å². The van der Waals surface area contributed by atoms with Gasteiger partial charge < -0.3 is 4.18 Å². The summed E-state index contributed by atoms with van der Waals surface area (Å²) >= 11 is 0. The van der Waals surface area contributed by atoms with Crippen molar-refractivity contribution in [2.24, 2.45) is 0 Å². The number of alkyl halides is 3. The molecule has 120 valence electrons. The Morgan fingerprint density at radius 1 is 1.00 bits per heavy atom. The molecule has 0 radical (unpaired) electrons. The van der Waals surface area contributed by atoms with Gasteiger partial charge in [0.25, 0.3) is 0 Å². The number of hydrogen-bond donors (Lipinski definition) is 0. The summed E-state index contributed by atoms with van der Waals surface area (Å²) in [5.74, 6) is -0.317. The first-order chi connectivity index (χ1) is 9.62. The maximum absolute atomic E-state index is 12.2. The molecule has 1 aromatic carbocycles. The number of halogens is 3. The third-order valence-corrected chi connectivity index (χ3v) is 10.6. The summed E-state index contributed by atoms with van der Waals surface area (Å²) in [6, 6.07) is 9.04. The van der Waals surface area contributed by atoms with Crippen LogP contribution >= 0.6 is 0 Å². The Bertz CT molecular complexity index is 555. The topological polar surface area (TPSA) is 43.4 Å². The van der Waals surface area contributed by atoms with Gasteiger partial charge in [0.1, 0.15) is 5.75 Å². The highest BCUT2D eigenvalue weighted by Crippen LogP contribution is 2.27. The van der Waals surface area contributed by atoms with Gasteiger partial charge in [-0.15, -0.1) is 0 Å². The quantitative estimate of drug-likeness (QED) is 0.451. The van der Waals surface area contributed by atoms with Gasteiger partial charge in [-0.2, -0.15) is 21.6 Å². The van der Waals surface area contributed by atoms with Gasteiger partial charge in [-0.3, -0.25) is 0 Å². The molecular weight excluding hydrogens is 321 g/mol. The van der Waals surface area contributed by atoms with Crippen molar-refractivity contribution in [2.45, 2.75) is 44.4 Å². The first-order valence-electron chi connectivity index (χ1n) is 6.73. The van der Waals surface area contributed by atoms with Gasteiger partial charge in [0.05, 0.1) is 8.07 Å². The summed E-state index contributed by atoms with van der Waals surface area (Å²) < 4.78 is 62.7. The molecule has 0 aliphatic heterocycles. The van der Waals surface area contributed by atoms with Gasteiger partial charge in [0.2, 0.25) is 0 Å². The molecule has 0 atom stereocenters. The van der Waals surface area contributed by atoms with E-state index in [1.54, 1.807) is 12.1 Å². The van der Waals surface area contributed by atoms with Gasteiger partial charge in [-0.1, -0.05) is 56.2 Å². The van der Waals surface area contributed by atoms with Crippen LogP contribution in [0.15, 0.2) is 24.3 Å². The summed E-state index contributed by atoms with van der Waals surface area (Å²) in [6.45, 7) is 6.33. The molecule has 0 fully saturated rings. The van der Waals surface area contributed by atoms with E-state index in [1.807, 2.05) is 0 Å². The molecule has 0 spiro atoms. The van der Waals surface area contributed by atoms with Gasteiger partial charge in [-0.05, 0) is 12.1 Å². The van der Waals surface area contributed by atoms with Crippen LogP contribution < -0.4 is 9.37 Å². The molecule has 1 aromatic rings. The minimum absolute atomic E-state index is 0.317. The first kappa shape index (κ1) is 18.0. The van der Waals surface area contributed by atoms with Crippen molar-refractivity contribution in [1.29, 1.82) is 0 Å². The molecule has 0 saturated carbocycles. The molecule has 0 unspecified atom stereocenters. The second-order valence-electron chi connectivity index (χ2n) is 4.85. The number of hydrogen-bond acceptors (Lipinski definition) is 3. The Kier molecular flexibility index (Phi) is 5.49. The third-order valence-electron chi connectivity index (χ3n) is 3.99. The highest BCUT2D eigenvalue weighted by molar-refractivity contribution is 7.88. The van der Waals surface area contributed by atoms with Crippen LogP contribution in [0.2, 0.25) is 18.1 Å². The van der Waals surface area contributed by atoms with Crippen molar-refractivity contribution in [1.82, 2.24) is 0 Å². The van der Waals surface area contributed by atoms with Crippen LogP contribution in [0.1, 0.15) is 20.8 Å². The lowest BCUT2D eigenvalue weighted by molar-refractivity contribution is -0.0500. The van der Waals surface area contributed by atoms with Crippen LogP contribution in [0.25, 0.3) is 0 Å². The fourth-order valence-corrected chi connectivity index (χ4v) is 6.46. The summed E-state index contributed by atoms with van der Waals surface area (Å²) in [5, 5.41) is 1.10. The molecule has 8 heteroatoms. The Morgan fingerprint density at radius 3 is 1.76 bits per heavy atom. The summed E-state index contributed by atoms with van der Waals surface area (Å²) in [5.41, 5.74) is -5.42. The van der Waals surface area contributed by atoms with Gasteiger partial charge in [0, 0.05) is 0 Å². The molecule has 1 rings (SSSR count). The number of rotatable bonds is 6. The van der Waals surface area contributed by atoms with E-state index in [1.165, 1.54) is 12.1 Å². The predicted molar refractivity (Wildman–Crippen MR) is 78.9 cm³/mol. The normalized spacial score (nSPS) is 13.2. The van der Waals surface area contributed by atoms with E-state index in [-0.39, 0.29) is 5.75 Å². The van der Waals surface area contributed by atoms with Crippen molar-refractivity contribution >= 4 is 23.4 Å². The van der Waals surface area contributed by atoms with E-state index < -0.39 is 23.7 Å². The summed E-state index contributed by atoms with van der Waals surface area (Å²) in [7, 11) is -7.24. The van der Waals surface area contributed by atoms with Crippen LogP contribution in [0.5, 0.6) is 5.75 Å². The number of benzene rings is 1. The Balaban J connectivity index is 3.04. The van der Waals surface area contributed by atoms with Crippen LogP contribution in [0, 0.1) is 0 Å². The molecule has 0 heterocycles. The Labute approximate surface area is 124 Å². The maximum atomic E-state index is 12.2. The van der Waals surface area contributed by atoms with E-state index >= 15 is 0 Å². The van der Waals surface area contributed by atoms with Crippen molar-refractivity contribution < 1.29 is 25.8 Å². The third kappa shape index (κ3) is 3.79. The molecule has 0 aliphatic carbocycles. The highest BCUT2D eigenvalue weighted by atomic mass is 32.2. The maximum Gasteiger partial charge on any atom is 0.534 e. The minimum atomic E-state index is -5.60. The second kappa shape index (κ2) is 6.39. The average molecular weight is 340 g/mol. The first-order valence-corrected chi connectivity index (χ1v) is 10.8. The van der Waals surface area contributed by atoms with Gasteiger partial charge >= 0.3 is 15.6 Å². The lowest BCUT2D eigenvalue weighted by Gasteiger charge is -2.28. The van der Waals surface area contributed by atoms with E-state index in [0.717, 1.165) is 23.3 Å². The fourth-order valence-electron chi connectivity index (χ4n) is 2.40. The largest absolute Gasteiger partial charge is 0.534 e. The minimum Gasteiger partial charge on any atom is -0.376 e. The van der Waals surface area contributed by atoms with Crippen molar-refractivity contribution in [3.63, 3.8) is 0 Å². The lowest BCUT2D eigenvalue weighted by atomic mass is 10.3. The molecule has 0 saturated heterocycles. The second-order valence-corrected chi connectivity index (χ2v) is 11.6. The molecule has 21 heavy (non-hydrogen) atoms. The molecule has 0 N–H and O–H groups in total. The summed E-state index contributed by atoms with van der Waals surface area (Å²) in [4.78, 5) is 0. The van der Waals surface area contributed by atoms with Crippen molar-refractivity contribution in [2.75, 3.05) is 0 Å². The van der Waals surface area contributed by atoms with E-state index in [0.29, 0.717) is 0 Å². The van der Waals surface area contributed by atoms with Gasteiger partial charge in [0.15, 0.2) is 0 Å². The average Bonchev–Trinajstić information content (AvgIpc) is 2.41. The Hall–Kier alpha value is -1.02. The predicted octanol–water partition coefficient (Wildman–Crippen LogP) is 3.63. The van der Waals surface area contributed by atoms with Crippen molar-refractivity contribution in [3.05, 3.63) is 24.3 Å². The fraction of sp³-hybridized carbons (Fsp3) is 0.538. The van der Waals surface area contributed by atoms with E-state index in [9.17, 15) is 21.6 Å².